The van der Waals surface area contributed by atoms with E-state index < -0.39 is 11.7 Å². The van der Waals surface area contributed by atoms with Crippen molar-refractivity contribution < 1.29 is 17.9 Å². The fraction of sp³-hybridized carbons (Fsp3) is 0.308. The molecule has 7 heteroatoms. The molecule has 0 aliphatic rings. The van der Waals surface area contributed by atoms with Gasteiger partial charge in [-0.1, -0.05) is 0 Å². The van der Waals surface area contributed by atoms with Crippen LogP contribution in [-0.4, -0.2) is 9.78 Å². The van der Waals surface area contributed by atoms with Gasteiger partial charge in [-0.3, -0.25) is 4.68 Å². The summed E-state index contributed by atoms with van der Waals surface area (Å²) in [4.78, 5) is 0. The summed E-state index contributed by atoms with van der Waals surface area (Å²) in [5.74, 6) is 0.677. The summed E-state index contributed by atoms with van der Waals surface area (Å²) in [6, 6.07) is 3.01. The van der Waals surface area contributed by atoms with E-state index in [9.17, 15) is 13.2 Å². The Kier molecular flexibility index (Phi) is 3.37. The van der Waals surface area contributed by atoms with Crippen LogP contribution >= 0.6 is 0 Å². The van der Waals surface area contributed by atoms with Gasteiger partial charge in [0.25, 0.3) is 0 Å². The highest BCUT2D eigenvalue weighted by atomic mass is 19.4. The Morgan fingerprint density at radius 1 is 1.25 bits per heavy atom. The molecule has 1 aromatic carbocycles. The topological polar surface area (TPSA) is 53.1 Å². The van der Waals surface area contributed by atoms with Gasteiger partial charge >= 0.3 is 6.18 Å². The third-order valence-corrected chi connectivity index (χ3v) is 2.99. The SMILES string of the molecule is Cc1nn(C)c(C)c1Oc1ccc(C(F)(F)F)cc1N. The number of alkyl halides is 3. The van der Waals surface area contributed by atoms with Crippen LogP contribution in [-0.2, 0) is 13.2 Å². The lowest BCUT2D eigenvalue weighted by atomic mass is 10.2. The minimum absolute atomic E-state index is 0.0671. The van der Waals surface area contributed by atoms with Gasteiger partial charge in [-0.15, -0.1) is 0 Å². The van der Waals surface area contributed by atoms with Crippen molar-refractivity contribution in [2.24, 2.45) is 7.05 Å². The molecule has 1 aromatic heterocycles. The van der Waals surface area contributed by atoms with Gasteiger partial charge in [-0.2, -0.15) is 18.3 Å². The van der Waals surface area contributed by atoms with Crippen LogP contribution < -0.4 is 10.5 Å². The quantitative estimate of drug-likeness (QED) is 0.860. The van der Waals surface area contributed by atoms with Crippen molar-refractivity contribution in [3.63, 3.8) is 0 Å². The molecule has 0 saturated carbocycles. The molecule has 0 amide bonds. The molecule has 2 aromatic rings. The molecule has 2 N–H and O–H groups in total. The average molecular weight is 285 g/mol. The van der Waals surface area contributed by atoms with Gasteiger partial charge in [0.2, 0.25) is 0 Å². The molecule has 0 aliphatic carbocycles. The number of hydrogen-bond acceptors (Lipinski definition) is 3. The number of halogens is 3. The van der Waals surface area contributed by atoms with Crippen LogP contribution in [0.2, 0.25) is 0 Å². The predicted octanol–water partition coefficient (Wildman–Crippen LogP) is 3.43. The maximum absolute atomic E-state index is 12.5. The monoisotopic (exact) mass is 285 g/mol. The number of nitrogens with zero attached hydrogens (tertiary/aromatic N) is 2. The van der Waals surface area contributed by atoms with Crippen molar-refractivity contribution in [2.75, 3.05) is 5.73 Å². The molecule has 0 fully saturated rings. The molecular formula is C13H14F3N3O. The van der Waals surface area contributed by atoms with Gasteiger partial charge in [0, 0.05) is 7.05 Å². The molecule has 0 radical (unpaired) electrons. The Labute approximate surface area is 114 Å². The maximum Gasteiger partial charge on any atom is 0.416 e. The maximum atomic E-state index is 12.5. The van der Waals surface area contributed by atoms with Crippen LogP contribution in [0, 0.1) is 13.8 Å². The number of nitrogen functional groups attached to an aromatic ring is 1. The normalized spacial score (nSPS) is 11.7. The number of anilines is 1. The number of nitrogens with two attached hydrogens (primary N) is 1. The Balaban J connectivity index is 2.35. The summed E-state index contributed by atoms with van der Waals surface area (Å²) >= 11 is 0. The highest BCUT2D eigenvalue weighted by Gasteiger charge is 2.31. The second kappa shape index (κ2) is 4.73. The lowest BCUT2D eigenvalue weighted by molar-refractivity contribution is -0.137. The zero-order chi connectivity index (χ0) is 15.1. The molecule has 0 saturated heterocycles. The number of rotatable bonds is 2. The number of aryl methyl sites for hydroxylation is 2. The van der Waals surface area contributed by atoms with Crippen molar-refractivity contribution in [3.05, 3.63) is 35.2 Å². The number of hydrogen-bond donors (Lipinski definition) is 1. The second-order valence-corrected chi connectivity index (χ2v) is 4.48. The first-order chi connectivity index (χ1) is 9.20. The highest BCUT2D eigenvalue weighted by molar-refractivity contribution is 5.56. The van der Waals surface area contributed by atoms with Crippen LogP contribution in [0.4, 0.5) is 18.9 Å². The lowest BCUT2D eigenvalue weighted by Crippen LogP contribution is -2.06. The summed E-state index contributed by atoms with van der Waals surface area (Å²) in [5, 5.41) is 4.16. The molecule has 0 unspecified atom stereocenters. The molecule has 0 spiro atoms. The van der Waals surface area contributed by atoms with E-state index in [0.29, 0.717) is 11.4 Å². The van der Waals surface area contributed by atoms with E-state index in [-0.39, 0.29) is 11.4 Å². The summed E-state index contributed by atoms with van der Waals surface area (Å²) in [7, 11) is 1.76. The van der Waals surface area contributed by atoms with Crippen LogP contribution in [0.5, 0.6) is 11.5 Å². The van der Waals surface area contributed by atoms with E-state index in [0.717, 1.165) is 17.8 Å². The number of ether oxygens (including phenoxy) is 1. The molecule has 4 nitrogen and oxygen atoms in total. The van der Waals surface area contributed by atoms with E-state index >= 15 is 0 Å². The third-order valence-electron chi connectivity index (χ3n) is 2.99. The Hall–Kier alpha value is -2.18. The fourth-order valence-electron chi connectivity index (χ4n) is 1.83. The van der Waals surface area contributed by atoms with Crippen LogP contribution in [0.3, 0.4) is 0 Å². The first-order valence-corrected chi connectivity index (χ1v) is 5.85. The van der Waals surface area contributed by atoms with Crippen LogP contribution in [0.1, 0.15) is 17.0 Å². The largest absolute Gasteiger partial charge is 0.451 e. The highest BCUT2D eigenvalue weighted by Crippen LogP contribution is 2.36. The van der Waals surface area contributed by atoms with Crippen molar-refractivity contribution in [3.8, 4) is 11.5 Å². The third kappa shape index (κ3) is 2.56. The van der Waals surface area contributed by atoms with Gasteiger partial charge in [0.15, 0.2) is 11.5 Å². The van der Waals surface area contributed by atoms with Gasteiger partial charge in [0.1, 0.15) is 5.69 Å². The average Bonchev–Trinajstić information content (AvgIpc) is 2.57. The van der Waals surface area contributed by atoms with Crippen molar-refractivity contribution in [1.82, 2.24) is 9.78 Å². The molecule has 108 valence electrons. The Morgan fingerprint density at radius 2 is 1.90 bits per heavy atom. The molecule has 2 rings (SSSR count). The minimum Gasteiger partial charge on any atom is -0.451 e. The minimum atomic E-state index is -4.42. The molecular weight excluding hydrogens is 271 g/mol. The van der Waals surface area contributed by atoms with E-state index in [2.05, 4.69) is 5.10 Å². The van der Waals surface area contributed by atoms with Gasteiger partial charge in [-0.05, 0) is 32.0 Å². The summed E-state index contributed by atoms with van der Waals surface area (Å²) in [6.45, 7) is 3.55. The van der Waals surface area contributed by atoms with Gasteiger partial charge < -0.3 is 10.5 Å². The van der Waals surface area contributed by atoms with Gasteiger partial charge in [-0.25, -0.2) is 0 Å². The van der Waals surface area contributed by atoms with Crippen molar-refractivity contribution in [2.45, 2.75) is 20.0 Å². The predicted molar refractivity (Wildman–Crippen MR) is 68.6 cm³/mol. The van der Waals surface area contributed by atoms with E-state index in [1.807, 2.05) is 0 Å². The number of benzene rings is 1. The smallest absolute Gasteiger partial charge is 0.416 e. The second-order valence-electron chi connectivity index (χ2n) is 4.48. The zero-order valence-electron chi connectivity index (χ0n) is 11.2. The summed E-state index contributed by atoms with van der Waals surface area (Å²) in [6.07, 6.45) is -4.42. The molecule has 0 bridgehead atoms. The Bertz CT molecular complexity index is 647. The fourth-order valence-corrected chi connectivity index (χ4v) is 1.83. The van der Waals surface area contributed by atoms with Crippen molar-refractivity contribution >= 4 is 5.69 Å². The standard InChI is InChI=1S/C13H14F3N3O/c1-7-12(8(2)19(3)18-7)20-11-5-4-9(6-10(11)17)13(14,15)16/h4-6H,17H2,1-3H3. The molecule has 0 atom stereocenters. The van der Waals surface area contributed by atoms with Crippen LogP contribution in [0.15, 0.2) is 18.2 Å². The van der Waals surface area contributed by atoms with E-state index in [1.54, 1.807) is 25.6 Å². The Morgan fingerprint density at radius 3 is 2.35 bits per heavy atom. The van der Waals surface area contributed by atoms with Crippen LogP contribution in [0.25, 0.3) is 0 Å². The van der Waals surface area contributed by atoms with Crippen molar-refractivity contribution in [1.29, 1.82) is 0 Å². The van der Waals surface area contributed by atoms with Gasteiger partial charge in [0.05, 0.1) is 16.9 Å². The lowest BCUT2D eigenvalue weighted by Gasteiger charge is -2.12. The molecule has 0 aliphatic heterocycles. The van der Waals surface area contributed by atoms with E-state index in [1.165, 1.54) is 6.07 Å². The first-order valence-electron chi connectivity index (χ1n) is 5.85. The molecule has 1 heterocycles. The number of aromatic nitrogens is 2. The summed E-state index contributed by atoms with van der Waals surface area (Å²) < 4.78 is 44.9. The van der Waals surface area contributed by atoms with E-state index in [4.69, 9.17) is 10.5 Å². The zero-order valence-corrected chi connectivity index (χ0v) is 11.2. The summed E-state index contributed by atoms with van der Waals surface area (Å²) in [5.41, 5.74) is 6.16. The molecule has 20 heavy (non-hydrogen) atoms. The first kappa shape index (κ1) is 14.2.